The van der Waals surface area contributed by atoms with Gasteiger partial charge in [-0.25, -0.2) is 28.5 Å². The molecule has 0 saturated heterocycles. The Morgan fingerprint density at radius 2 is 1.89 bits per heavy atom. The van der Waals surface area contributed by atoms with Crippen molar-refractivity contribution < 1.29 is 13.6 Å². The van der Waals surface area contributed by atoms with Gasteiger partial charge in [-0.1, -0.05) is 6.07 Å². The highest BCUT2D eigenvalue weighted by molar-refractivity contribution is 5.89. The Bertz CT molecular complexity index is 970. The van der Waals surface area contributed by atoms with Crippen molar-refractivity contribution in [1.29, 1.82) is 0 Å². The van der Waals surface area contributed by atoms with Gasteiger partial charge in [0, 0.05) is 31.5 Å². The Kier molecular flexibility index (Phi) is 5.78. The number of amides is 2. The van der Waals surface area contributed by atoms with E-state index in [2.05, 4.69) is 30.9 Å². The lowest BCUT2D eigenvalue weighted by atomic mass is 10.3. The summed E-state index contributed by atoms with van der Waals surface area (Å²) < 4.78 is 28.9. The molecule has 2 amide bonds. The number of hydrogen-bond acceptors (Lipinski definition) is 5. The second-order valence-corrected chi connectivity index (χ2v) is 5.91. The maximum absolute atomic E-state index is 13.5. The van der Waals surface area contributed by atoms with E-state index in [-0.39, 0.29) is 6.54 Å². The molecule has 28 heavy (non-hydrogen) atoms. The zero-order chi connectivity index (χ0) is 20.1. The van der Waals surface area contributed by atoms with Gasteiger partial charge >= 0.3 is 6.03 Å². The third-order valence-corrected chi connectivity index (χ3v) is 3.81. The van der Waals surface area contributed by atoms with Crippen LogP contribution >= 0.6 is 0 Å². The minimum Gasteiger partial charge on any atom is -0.368 e. The van der Waals surface area contributed by atoms with Crippen LogP contribution in [0, 0.1) is 25.5 Å². The van der Waals surface area contributed by atoms with Crippen molar-refractivity contribution in [1.82, 2.24) is 24.8 Å². The van der Waals surface area contributed by atoms with Crippen molar-refractivity contribution in [3.05, 3.63) is 59.9 Å². The number of halogens is 2. The molecule has 0 saturated carbocycles. The van der Waals surface area contributed by atoms with Crippen LogP contribution in [0.2, 0.25) is 0 Å². The minimum absolute atomic E-state index is 0.213. The van der Waals surface area contributed by atoms with E-state index in [4.69, 9.17) is 0 Å². The Morgan fingerprint density at radius 3 is 2.57 bits per heavy atom. The molecule has 3 rings (SSSR count). The first kappa shape index (κ1) is 19.2. The van der Waals surface area contributed by atoms with Crippen molar-refractivity contribution in [2.24, 2.45) is 0 Å². The fraction of sp³-hybridized carbons (Fsp3) is 0.222. The van der Waals surface area contributed by atoms with E-state index >= 15 is 0 Å². The van der Waals surface area contributed by atoms with Crippen molar-refractivity contribution in [2.45, 2.75) is 13.8 Å². The summed E-state index contributed by atoms with van der Waals surface area (Å²) in [5.74, 6) is 0.944. The third-order valence-electron chi connectivity index (χ3n) is 3.81. The third kappa shape index (κ3) is 4.58. The molecule has 0 aliphatic rings. The Balaban J connectivity index is 1.53. The number of benzene rings is 1. The average Bonchev–Trinajstić information content (AvgIpc) is 3.07. The summed E-state index contributed by atoms with van der Waals surface area (Å²) in [6.07, 6.45) is 3.48. The van der Waals surface area contributed by atoms with Gasteiger partial charge in [-0.15, -0.1) is 0 Å². The lowest BCUT2D eigenvalue weighted by molar-refractivity contribution is 0.252. The molecule has 0 spiro atoms. The van der Waals surface area contributed by atoms with Crippen LogP contribution in [-0.2, 0) is 0 Å². The first-order valence-electron chi connectivity index (χ1n) is 8.53. The molecule has 0 unspecified atom stereocenters. The molecule has 1 aromatic carbocycles. The molecular weight excluding hydrogens is 368 g/mol. The van der Waals surface area contributed by atoms with Gasteiger partial charge in [0.25, 0.3) is 0 Å². The van der Waals surface area contributed by atoms with Crippen LogP contribution in [0.15, 0.2) is 36.7 Å². The molecule has 0 bridgehead atoms. The van der Waals surface area contributed by atoms with Crippen LogP contribution in [0.3, 0.4) is 0 Å². The van der Waals surface area contributed by atoms with Gasteiger partial charge < -0.3 is 16.0 Å². The van der Waals surface area contributed by atoms with Gasteiger partial charge in [-0.2, -0.15) is 0 Å². The van der Waals surface area contributed by atoms with Gasteiger partial charge in [0.1, 0.15) is 40.6 Å². The molecule has 8 nitrogen and oxygen atoms in total. The highest BCUT2D eigenvalue weighted by atomic mass is 19.1. The van der Waals surface area contributed by atoms with Crippen LogP contribution in [0.1, 0.15) is 11.6 Å². The van der Waals surface area contributed by atoms with E-state index in [1.54, 1.807) is 25.4 Å². The highest BCUT2D eigenvalue weighted by Gasteiger charge is 2.11. The number of urea groups is 1. The molecule has 146 valence electrons. The molecule has 3 N–H and O–H groups in total. The molecule has 10 heteroatoms. The van der Waals surface area contributed by atoms with Crippen LogP contribution in [-0.4, -0.2) is 38.6 Å². The quantitative estimate of drug-likeness (QED) is 0.565. The van der Waals surface area contributed by atoms with Crippen molar-refractivity contribution in [2.75, 3.05) is 23.7 Å². The number of rotatable bonds is 6. The Morgan fingerprint density at radius 1 is 1.14 bits per heavy atom. The molecule has 3 aromatic rings. The summed E-state index contributed by atoms with van der Waals surface area (Å²) in [7, 11) is 0. The van der Waals surface area contributed by atoms with Crippen LogP contribution in [0.4, 0.5) is 25.1 Å². The van der Waals surface area contributed by atoms with Crippen LogP contribution in [0.5, 0.6) is 0 Å². The number of nitrogens with zero attached hydrogens (tertiary/aromatic N) is 4. The largest absolute Gasteiger partial charge is 0.368 e. The van der Waals surface area contributed by atoms with E-state index < -0.39 is 23.4 Å². The first-order chi connectivity index (χ1) is 13.4. The topological polar surface area (TPSA) is 96.8 Å². The van der Waals surface area contributed by atoms with E-state index in [0.29, 0.717) is 24.0 Å². The highest BCUT2D eigenvalue weighted by Crippen LogP contribution is 2.17. The maximum atomic E-state index is 13.5. The van der Waals surface area contributed by atoms with Crippen LogP contribution in [0.25, 0.3) is 5.82 Å². The molecule has 0 aliphatic carbocycles. The first-order valence-corrected chi connectivity index (χ1v) is 8.53. The molecule has 0 atom stereocenters. The average molecular weight is 387 g/mol. The number of para-hydroxylation sites is 1. The maximum Gasteiger partial charge on any atom is 0.319 e. The zero-order valence-electron chi connectivity index (χ0n) is 15.3. The lowest BCUT2D eigenvalue weighted by Gasteiger charge is -2.11. The number of hydrogen-bond donors (Lipinski definition) is 3. The van der Waals surface area contributed by atoms with Crippen molar-refractivity contribution in [3.63, 3.8) is 0 Å². The predicted octanol–water partition coefficient (Wildman–Crippen LogP) is 2.79. The summed E-state index contributed by atoms with van der Waals surface area (Å²) in [6, 6.07) is 4.41. The van der Waals surface area contributed by atoms with Gasteiger partial charge in [-0.05, 0) is 26.0 Å². The molecular formula is C18H19F2N7O. The number of nitrogens with one attached hydrogen (secondary N) is 3. The van der Waals surface area contributed by atoms with Gasteiger partial charge in [-0.3, -0.25) is 4.57 Å². The SMILES string of the molecule is Cc1nc(NCCNC(=O)Nc2c(F)cccc2F)cc(-n2ccnc2C)n1. The molecule has 2 heterocycles. The molecule has 0 fully saturated rings. The number of carbonyl (C=O) groups excluding carboxylic acids is 1. The van der Waals surface area contributed by atoms with Gasteiger partial charge in [0.2, 0.25) is 0 Å². The number of aryl methyl sites for hydroxylation is 2. The van der Waals surface area contributed by atoms with E-state index in [1.807, 2.05) is 11.5 Å². The zero-order valence-corrected chi connectivity index (χ0v) is 15.3. The fourth-order valence-corrected chi connectivity index (χ4v) is 2.53. The van der Waals surface area contributed by atoms with E-state index in [1.165, 1.54) is 6.07 Å². The standard InChI is InChI=1S/C18H19F2N7O/c1-11-24-15(10-16(25-11)27-9-8-21-12(27)2)22-6-7-23-18(28)26-17-13(19)4-3-5-14(17)20/h3-5,8-10H,6-7H2,1-2H3,(H,22,24,25)(H2,23,26,28). The number of carbonyl (C=O) groups is 1. The van der Waals surface area contributed by atoms with Crippen LogP contribution < -0.4 is 16.0 Å². The summed E-state index contributed by atoms with van der Waals surface area (Å²) >= 11 is 0. The van der Waals surface area contributed by atoms with E-state index in [0.717, 1.165) is 18.0 Å². The summed E-state index contributed by atoms with van der Waals surface area (Å²) in [6.45, 7) is 4.21. The second-order valence-electron chi connectivity index (χ2n) is 5.91. The number of anilines is 2. The summed E-state index contributed by atoms with van der Waals surface area (Å²) in [5, 5.41) is 7.75. The minimum atomic E-state index is -0.841. The molecule has 2 aromatic heterocycles. The summed E-state index contributed by atoms with van der Waals surface area (Å²) in [5.41, 5.74) is -0.486. The predicted molar refractivity (Wildman–Crippen MR) is 100 cm³/mol. The Labute approximate surface area is 160 Å². The lowest BCUT2D eigenvalue weighted by Crippen LogP contribution is -2.33. The normalized spacial score (nSPS) is 10.6. The second kappa shape index (κ2) is 8.42. The van der Waals surface area contributed by atoms with Crippen molar-refractivity contribution >= 4 is 17.5 Å². The van der Waals surface area contributed by atoms with E-state index in [9.17, 15) is 13.6 Å². The molecule has 0 radical (unpaired) electrons. The Hall–Kier alpha value is -3.56. The van der Waals surface area contributed by atoms with Gasteiger partial charge in [0.05, 0.1) is 0 Å². The fourth-order valence-electron chi connectivity index (χ4n) is 2.53. The van der Waals surface area contributed by atoms with Gasteiger partial charge in [0.15, 0.2) is 0 Å². The number of imidazole rings is 1. The summed E-state index contributed by atoms with van der Waals surface area (Å²) in [4.78, 5) is 24.7. The number of aromatic nitrogens is 4. The smallest absolute Gasteiger partial charge is 0.319 e. The van der Waals surface area contributed by atoms with Crippen molar-refractivity contribution in [3.8, 4) is 5.82 Å². The molecule has 0 aliphatic heterocycles. The monoisotopic (exact) mass is 387 g/mol.